The standard InChI is InChI=1S/C23H30F2N6OS/c1-12-17(20-30-18-13(2)26-9-8-16(18)33-20)19(31-21(28-12)27-11-23(5,24)25)29-15-7-6-14(10-15)22(3,4)32/h8-9,14-15,32H,6-7,10-11H2,1-5H3,(H2,27,28,29,31)/t14-,15+/m1/s1. The molecule has 1 fully saturated rings. The zero-order valence-electron chi connectivity index (χ0n) is 19.5. The van der Waals surface area contributed by atoms with E-state index in [0.29, 0.717) is 11.5 Å². The molecule has 33 heavy (non-hydrogen) atoms. The van der Waals surface area contributed by atoms with E-state index < -0.39 is 18.1 Å². The number of anilines is 2. The van der Waals surface area contributed by atoms with Crippen LogP contribution in [0.4, 0.5) is 20.5 Å². The van der Waals surface area contributed by atoms with Crippen molar-refractivity contribution in [2.45, 2.75) is 71.4 Å². The van der Waals surface area contributed by atoms with E-state index >= 15 is 0 Å². The maximum absolute atomic E-state index is 13.4. The van der Waals surface area contributed by atoms with E-state index in [0.717, 1.165) is 52.7 Å². The first kappa shape index (κ1) is 23.7. The van der Waals surface area contributed by atoms with E-state index in [1.165, 1.54) is 11.3 Å². The molecule has 0 aromatic carbocycles. The van der Waals surface area contributed by atoms with Gasteiger partial charge in [0.25, 0.3) is 5.92 Å². The van der Waals surface area contributed by atoms with Gasteiger partial charge in [0.1, 0.15) is 16.3 Å². The molecule has 178 valence electrons. The quantitative estimate of drug-likeness (QED) is 0.432. The van der Waals surface area contributed by atoms with Crippen LogP contribution in [0.1, 0.15) is 51.4 Å². The molecule has 3 N–H and O–H groups in total. The number of rotatable bonds is 7. The molecule has 0 bridgehead atoms. The Kier molecular flexibility index (Phi) is 6.26. The minimum Gasteiger partial charge on any atom is -0.390 e. The van der Waals surface area contributed by atoms with E-state index in [1.54, 1.807) is 6.20 Å². The van der Waals surface area contributed by atoms with E-state index in [1.807, 2.05) is 33.8 Å². The van der Waals surface area contributed by atoms with Gasteiger partial charge in [-0.2, -0.15) is 4.98 Å². The monoisotopic (exact) mass is 476 g/mol. The SMILES string of the molecule is Cc1nc(NCC(C)(F)F)nc(N[C@H]2CC[C@@H](C(C)(C)O)C2)c1-c1nc2c(C)nccc2s1. The van der Waals surface area contributed by atoms with Crippen LogP contribution in [0.5, 0.6) is 0 Å². The Balaban J connectivity index is 1.72. The number of hydrogen-bond donors (Lipinski definition) is 3. The van der Waals surface area contributed by atoms with Crippen molar-refractivity contribution in [1.82, 2.24) is 19.9 Å². The number of fused-ring (bicyclic) bond motifs is 1. The molecule has 0 unspecified atom stereocenters. The van der Waals surface area contributed by atoms with Crippen LogP contribution in [-0.2, 0) is 0 Å². The zero-order chi connectivity index (χ0) is 24.0. The summed E-state index contributed by atoms with van der Waals surface area (Å²) in [4.78, 5) is 18.2. The molecule has 4 rings (SSSR count). The summed E-state index contributed by atoms with van der Waals surface area (Å²) in [7, 11) is 0. The van der Waals surface area contributed by atoms with Crippen LogP contribution in [0.2, 0.25) is 0 Å². The van der Waals surface area contributed by atoms with Crippen molar-refractivity contribution in [3.63, 3.8) is 0 Å². The third-order valence-corrected chi connectivity index (χ3v) is 7.16. The molecule has 1 saturated carbocycles. The van der Waals surface area contributed by atoms with Crippen molar-refractivity contribution in [3.05, 3.63) is 23.7 Å². The van der Waals surface area contributed by atoms with Gasteiger partial charge < -0.3 is 15.7 Å². The lowest BCUT2D eigenvalue weighted by Gasteiger charge is -2.25. The highest BCUT2D eigenvalue weighted by Gasteiger charge is 2.35. The minimum atomic E-state index is -2.88. The van der Waals surface area contributed by atoms with Crippen LogP contribution in [0.3, 0.4) is 0 Å². The number of halogens is 2. The number of aryl methyl sites for hydroxylation is 2. The molecular formula is C23H30F2N6OS. The molecule has 0 radical (unpaired) electrons. The van der Waals surface area contributed by atoms with Crippen molar-refractivity contribution in [1.29, 1.82) is 0 Å². The highest BCUT2D eigenvalue weighted by Crippen LogP contribution is 2.40. The average Bonchev–Trinajstić information content (AvgIpc) is 3.33. The lowest BCUT2D eigenvalue weighted by molar-refractivity contribution is 0.0197. The summed E-state index contributed by atoms with van der Waals surface area (Å²) in [6.45, 7) is 7.73. The summed E-state index contributed by atoms with van der Waals surface area (Å²) >= 11 is 1.53. The summed E-state index contributed by atoms with van der Waals surface area (Å²) < 4.78 is 27.9. The lowest BCUT2D eigenvalue weighted by atomic mass is 9.89. The van der Waals surface area contributed by atoms with Crippen LogP contribution >= 0.6 is 11.3 Å². The molecule has 0 saturated heterocycles. The Morgan fingerprint density at radius 3 is 2.52 bits per heavy atom. The van der Waals surface area contributed by atoms with Crippen LogP contribution in [0, 0.1) is 19.8 Å². The maximum atomic E-state index is 13.4. The van der Waals surface area contributed by atoms with Crippen molar-refractivity contribution in [3.8, 4) is 10.6 Å². The summed E-state index contributed by atoms with van der Waals surface area (Å²) in [5, 5.41) is 17.3. The average molecular weight is 477 g/mol. The van der Waals surface area contributed by atoms with E-state index in [9.17, 15) is 13.9 Å². The first-order chi connectivity index (χ1) is 15.4. The zero-order valence-corrected chi connectivity index (χ0v) is 20.4. The largest absolute Gasteiger partial charge is 0.390 e. The number of pyridine rings is 1. The van der Waals surface area contributed by atoms with E-state index in [-0.39, 0.29) is 17.9 Å². The molecule has 7 nitrogen and oxygen atoms in total. The number of aliphatic hydroxyl groups is 1. The van der Waals surface area contributed by atoms with Crippen molar-refractivity contribution < 1.29 is 13.9 Å². The maximum Gasteiger partial charge on any atom is 0.262 e. The van der Waals surface area contributed by atoms with Crippen LogP contribution in [0.15, 0.2) is 12.3 Å². The minimum absolute atomic E-state index is 0.104. The van der Waals surface area contributed by atoms with Gasteiger partial charge in [0, 0.05) is 19.2 Å². The number of hydrogen-bond acceptors (Lipinski definition) is 8. The molecule has 0 amide bonds. The summed E-state index contributed by atoms with van der Waals surface area (Å²) in [5.74, 6) is -1.99. The third kappa shape index (κ3) is 5.38. The number of nitrogens with one attached hydrogen (secondary N) is 2. The first-order valence-electron chi connectivity index (χ1n) is 11.1. The van der Waals surface area contributed by atoms with Gasteiger partial charge in [-0.15, -0.1) is 11.3 Å². The highest BCUT2D eigenvalue weighted by molar-refractivity contribution is 7.21. The molecular weight excluding hydrogens is 446 g/mol. The predicted molar refractivity (Wildman–Crippen MR) is 128 cm³/mol. The molecule has 3 aromatic heterocycles. The second-order valence-electron chi connectivity index (χ2n) is 9.55. The van der Waals surface area contributed by atoms with E-state index in [2.05, 4.69) is 25.6 Å². The number of alkyl halides is 2. The van der Waals surface area contributed by atoms with Gasteiger partial charge in [0.2, 0.25) is 5.95 Å². The number of aromatic nitrogens is 4. The fraction of sp³-hybridized carbons (Fsp3) is 0.565. The van der Waals surface area contributed by atoms with Crippen LogP contribution in [-0.4, -0.2) is 49.2 Å². The van der Waals surface area contributed by atoms with Gasteiger partial charge in [-0.25, -0.2) is 18.7 Å². The second kappa shape index (κ2) is 8.72. The molecule has 0 aliphatic heterocycles. The van der Waals surface area contributed by atoms with Gasteiger partial charge in [0.05, 0.1) is 33.8 Å². The number of nitrogens with zero attached hydrogens (tertiary/aromatic N) is 4. The molecule has 1 aliphatic rings. The van der Waals surface area contributed by atoms with Gasteiger partial charge in [0.15, 0.2) is 0 Å². The summed E-state index contributed by atoms with van der Waals surface area (Å²) in [6, 6.07) is 2.03. The molecule has 1 aliphatic carbocycles. The van der Waals surface area contributed by atoms with Crippen molar-refractivity contribution >= 4 is 33.3 Å². The Morgan fingerprint density at radius 1 is 1.12 bits per heavy atom. The molecule has 0 spiro atoms. The third-order valence-electron chi connectivity index (χ3n) is 6.12. The normalized spacial score (nSPS) is 19.3. The van der Waals surface area contributed by atoms with Crippen LogP contribution < -0.4 is 10.6 Å². The van der Waals surface area contributed by atoms with Gasteiger partial charge in [-0.05, 0) is 58.9 Å². The van der Waals surface area contributed by atoms with Crippen molar-refractivity contribution in [2.75, 3.05) is 17.2 Å². The Morgan fingerprint density at radius 2 is 1.88 bits per heavy atom. The predicted octanol–water partition coefficient (Wildman–Crippen LogP) is 5.18. The fourth-order valence-electron chi connectivity index (χ4n) is 4.28. The smallest absolute Gasteiger partial charge is 0.262 e. The van der Waals surface area contributed by atoms with Crippen LogP contribution in [0.25, 0.3) is 20.8 Å². The molecule has 3 heterocycles. The lowest BCUT2D eigenvalue weighted by Crippen LogP contribution is -2.30. The second-order valence-corrected chi connectivity index (χ2v) is 10.6. The van der Waals surface area contributed by atoms with Crippen molar-refractivity contribution in [2.24, 2.45) is 5.92 Å². The first-order valence-corrected chi connectivity index (χ1v) is 11.9. The Hall–Kier alpha value is -2.46. The summed E-state index contributed by atoms with van der Waals surface area (Å²) in [5.41, 5.74) is 2.33. The molecule has 10 heteroatoms. The van der Waals surface area contributed by atoms with Gasteiger partial charge >= 0.3 is 0 Å². The highest BCUT2D eigenvalue weighted by atomic mass is 32.1. The topological polar surface area (TPSA) is 95.9 Å². The fourth-order valence-corrected chi connectivity index (χ4v) is 5.39. The molecule has 2 atom stereocenters. The van der Waals surface area contributed by atoms with Gasteiger partial charge in [-0.3, -0.25) is 4.98 Å². The molecule has 3 aromatic rings. The summed E-state index contributed by atoms with van der Waals surface area (Å²) in [6.07, 6.45) is 4.34. The Bertz CT molecular complexity index is 1150. The Labute approximate surface area is 196 Å². The van der Waals surface area contributed by atoms with Gasteiger partial charge in [-0.1, -0.05) is 0 Å². The van der Waals surface area contributed by atoms with E-state index in [4.69, 9.17) is 4.98 Å². The number of thiazole rings is 1.